The molecule has 3 aromatic rings. The first-order valence-electron chi connectivity index (χ1n) is 11.9. The predicted molar refractivity (Wildman–Crippen MR) is 138 cm³/mol. The molecule has 1 unspecified atom stereocenters. The van der Waals surface area contributed by atoms with E-state index in [9.17, 15) is 18.0 Å². The molecule has 4 rings (SSSR count). The Bertz CT molecular complexity index is 1390. The molecule has 1 N–H and O–H groups in total. The highest BCUT2D eigenvalue weighted by atomic mass is 35.5. The van der Waals surface area contributed by atoms with Crippen LogP contribution >= 0.6 is 11.6 Å². The number of aryl methyl sites for hydroxylation is 1. The van der Waals surface area contributed by atoms with E-state index >= 15 is 0 Å². The highest BCUT2D eigenvalue weighted by molar-refractivity contribution is 6.31. The van der Waals surface area contributed by atoms with E-state index in [-0.39, 0.29) is 0 Å². The Morgan fingerprint density at radius 1 is 1.21 bits per heavy atom. The van der Waals surface area contributed by atoms with Gasteiger partial charge in [0.2, 0.25) is 6.23 Å². The largest absolute Gasteiger partial charge is 0.491 e. The number of halogens is 4. The molecule has 0 aliphatic carbocycles. The Kier molecular flexibility index (Phi) is 7.99. The van der Waals surface area contributed by atoms with Crippen molar-refractivity contribution in [2.24, 2.45) is 0 Å². The van der Waals surface area contributed by atoms with E-state index in [1.807, 2.05) is 19.9 Å². The van der Waals surface area contributed by atoms with Crippen LogP contribution in [0.5, 0.6) is 0 Å². The number of ether oxygens (including phenoxy) is 1. The zero-order chi connectivity index (χ0) is 27.6. The quantitative estimate of drug-likeness (QED) is 0.294. The lowest BCUT2D eigenvalue weighted by Gasteiger charge is -2.37. The van der Waals surface area contributed by atoms with Crippen molar-refractivity contribution in [3.8, 4) is 11.8 Å². The van der Waals surface area contributed by atoms with Gasteiger partial charge in [0.1, 0.15) is 12.1 Å². The van der Waals surface area contributed by atoms with Crippen molar-refractivity contribution in [1.82, 2.24) is 25.1 Å². The molecular weight excluding hydrogens is 523 g/mol. The van der Waals surface area contributed by atoms with E-state index in [0.29, 0.717) is 42.4 Å². The number of fused-ring (bicyclic) bond motifs is 1. The van der Waals surface area contributed by atoms with Crippen molar-refractivity contribution >= 4 is 40.1 Å². The van der Waals surface area contributed by atoms with Gasteiger partial charge in [0.25, 0.3) is 0 Å². The molecule has 0 bridgehead atoms. The van der Waals surface area contributed by atoms with Crippen LogP contribution in [-0.2, 0) is 16.0 Å². The molecule has 1 atom stereocenters. The zero-order valence-corrected chi connectivity index (χ0v) is 22.1. The normalized spacial score (nSPS) is 15.0. The minimum Gasteiger partial charge on any atom is -0.428 e. The molecule has 0 amide bonds. The Hall–Kier alpha value is -3.56. The lowest BCUT2D eigenvalue weighted by Crippen LogP contribution is -2.47. The number of benzene rings is 1. The van der Waals surface area contributed by atoms with Gasteiger partial charge in [-0.1, -0.05) is 24.4 Å². The maximum Gasteiger partial charge on any atom is 0.491 e. The van der Waals surface area contributed by atoms with Crippen molar-refractivity contribution in [2.45, 2.75) is 32.7 Å². The van der Waals surface area contributed by atoms with E-state index in [4.69, 9.17) is 11.6 Å². The van der Waals surface area contributed by atoms with Crippen LogP contribution in [0.25, 0.3) is 11.0 Å². The molecule has 2 aromatic heterocycles. The van der Waals surface area contributed by atoms with Gasteiger partial charge in [-0.2, -0.15) is 18.3 Å². The summed E-state index contributed by atoms with van der Waals surface area (Å²) in [6.07, 6.45) is -4.20. The minimum absolute atomic E-state index is 0.439. The number of piperazine rings is 1. The molecule has 202 valence electrons. The number of carbonyl (C=O) groups excluding carboxylic acids is 1. The van der Waals surface area contributed by atoms with Crippen LogP contribution in [0.2, 0.25) is 5.02 Å². The average Bonchev–Trinajstić information content (AvgIpc) is 3.31. The summed E-state index contributed by atoms with van der Waals surface area (Å²) in [4.78, 5) is 25.8. The van der Waals surface area contributed by atoms with Gasteiger partial charge in [-0.05, 0) is 51.1 Å². The number of anilines is 2. The van der Waals surface area contributed by atoms with Gasteiger partial charge in [0.05, 0.1) is 11.1 Å². The predicted octanol–water partition coefficient (Wildman–Crippen LogP) is 3.55. The number of alkyl halides is 3. The molecule has 0 radical (unpaired) electrons. The smallest absolute Gasteiger partial charge is 0.428 e. The van der Waals surface area contributed by atoms with Gasteiger partial charge in [0, 0.05) is 42.5 Å². The SMILES string of the molecule is CCc1n[nH]c2ncnc(N3CCN(c4cc(Cl)cc(C#CC(OC(=O)C(F)(F)F)N(C)C)c4C)CC3)c12. The van der Waals surface area contributed by atoms with Crippen LogP contribution in [0.15, 0.2) is 18.5 Å². The molecular formula is C25H27ClF3N7O2. The first kappa shape index (κ1) is 27.5. The molecule has 0 spiro atoms. The van der Waals surface area contributed by atoms with E-state index in [2.05, 4.69) is 46.5 Å². The van der Waals surface area contributed by atoms with Gasteiger partial charge in [-0.15, -0.1) is 0 Å². The van der Waals surface area contributed by atoms with Crippen LogP contribution < -0.4 is 9.80 Å². The number of H-pyrrole nitrogens is 1. The number of carbonyl (C=O) groups is 1. The summed E-state index contributed by atoms with van der Waals surface area (Å²) in [5, 5.41) is 8.69. The lowest BCUT2D eigenvalue weighted by atomic mass is 10.1. The van der Waals surface area contributed by atoms with Crippen LogP contribution in [0.1, 0.15) is 23.7 Å². The molecule has 1 fully saturated rings. The van der Waals surface area contributed by atoms with Crippen molar-refractivity contribution in [1.29, 1.82) is 0 Å². The van der Waals surface area contributed by atoms with Crippen LogP contribution in [-0.4, -0.2) is 83.7 Å². The number of aromatic nitrogens is 4. The maximum atomic E-state index is 12.7. The number of nitrogens with one attached hydrogen (secondary N) is 1. The third-order valence-corrected chi connectivity index (χ3v) is 6.48. The molecule has 0 saturated carbocycles. The van der Waals surface area contributed by atoms with Crippen molar-refractivity contribution < 1.29 is 22.7 Å². The second-order valence-electron chi connectivity index (χ2n) is 9.00. The molecule has 1 aromatic carbocycles. The van der Waals surface area contributed by atoms with E-state index in [1.165, 1.54) is 25.3 Å². The number of rotatable bonds is 5. The third kappa shape index (κ3) is 5.79. The van der Waals surface area contributed by atoms with Crippen molar-refractivity contribution in [3.05, 3.63) is 40.3 Å². The summed E-state index contributed by atoms with van der Waals surface area (Å²) >= 11 is 6.40. The fourth-order valence-electron chi connectivity index (χ4n) is 4.25. The van der Waals surface area contributed by atoms with Crippen LogP contribution in [0, 0.1) is 18.8 Å². The Morgan fingerprint density at radius 3 is 2.53 bits per heavy atom. The molecule has 1 aliphatic heterocycles. The summed E-state index contributed by atoms with van der Waals surface area (Å²) in [6.45, 7) is 6.67. The third-order valence-electron chi connectivity index (χ3n) is 6.26. The fourth-order valence-corrected chi connectivity index (χ4v) is 4.46. The second kappa shape index (κ2) is 11.0. The van der Waals surface area contributed by atoms with Gasteiger partial charge in [0.15, 0.2) is 5.65 Å². The molecule has 1 aliphatic rings. The van der Waals surface area contributed by atoms with E-state index in [0.717, 1.165) is 34.6 Å². The summed E-state index contributed by atoms with van der Waals surface area (Å²) in [5.41, 5.74) is 3.86. The first-order chi connectivity index (χ1) is 18.0. The maximum absolute atomic E-state index is 12.7. The Morgan fingerprint density at radius 2 is 1.89 bits per heavy atom. The van der Waals surface area contributed by atoms with E-state index < -0.39 is 18.4 Å². The Balaban J connectivity index is 1.54. The van der Waals surface area contributed by atoms with Crippen LogP contribution in [0.4, 0.5) is 24.7 Å². The number of aromatic amines is 1. The fraction of sp³-hybridized carbons (Fsp3) is 0.440. The molecule has 9 nitrogen and oxygen atoms in total. The zero-order valence-electron chi connectivity index (χ0n) is 21.4. The van der Waals surface area contributed by atoms with Crippen molar-refractivity contribution in [2.75, 3.05) is 50.1 Å². The van der Waals surface area contributed by atoms with Gasteiger partial charge >= 0.3 is 12.1 Å². The molecule has 3 heterocycles. The summed E-state index contributed by atoms with van der Waals surface area (Å²) in [7, 11) is 2.94. The second-order valence-corrected chi connectivity index (χ2v) is 9.44. The standard InChI is InChI=1S/C25H27ClF3N7O2/c1-5-18-21-22(33-32-18)30-14-31-23(21)36-10-8-35(9-11-36)19-13-17(26)12-16(15(19)2)6-7-20(34(3)4)38-24(37)25(27,28)29/h12-14,20H,5,8-11H2,1-4H3,(H,30,31,32,33). The minimum atomic E-state index is -5.11. The summed E-state index contributed by atoms with van der Waals surface area (Å²) in [6, 6.07) is 3.49. The monoisotopic (exact) mass is 549 g/mol. The lowest BCUT2D eigenvalue weighted by molar-refractivity contribution is -0.207. The van der Waals surface area contributed by atoms with Gasteiger partial charge in [-0.25, -0.2) is 14.8 Å². The highest BCUT2D eigenvalue weighted by Crippen LogP contribution is 2.31. The summed E-state index contributed by atoms with van der Waals surface area (Å²) < 4.78 is 42.5. The van der Waals surface area contributed by atoms with Gasteiger partial charge < -0.3 is 14.5 Å². The van der Waals surface area contributed by atoms with Crippen molar-refractivity contribution in [3.63, 3.8) is 0 Å². The first-order valence-corrected chi connectivity index (χ1v) is 12.3. The highest BCUT2D eigenvalue weighted by Gasteiger charge is 2.42. The number of nitrogens with zero attached hydrogens (tertiary/aromatic N) is 6. The summed E-state index contributed by atoms with van der Waals surface area (Å²) in [5.74, 6) is 4.01. The number of hydrogen-bond donors (Lipinski definition) is 1. The molecule has 38 heavy (non-hydrogen) atoms. The molecule has 13 heteroatoms. The number of esters is 1. The topological polar surface area (TPSA) is 90.5 Å². The van der Waals surface area contributed by atoms with Gasteiger partial charge in [-0.3, -0.25) is 10.00 Å². The number of hydrogen-bond acceptors (Lipinski definition) is 8. The van der Waals surface area contributed by atoms with E-state index in [1.54, 1.807) is 6.07 Å². The Labute approximate surface area is 222 Å². The molecule has 1 saturated heterocycles. The van der Waals surface area contributed by atoms with Crippen LogP contribution in [0.3, 0.4) is 0 Å². The average molecular weight is 550 g/mol.